The van der Waals surface area contributed by atoms with Crippen LogP contribution in [0.3, 0.4) is 0 Å². The summed E-state index contributed by atoms with van der Waals surface area (Å²) in [7, 11) is 0. The number of hydrogen-bond acceptors (Lipinski definition) is 5. The zero-order chi connectivity index (χ0) is 17.1. The minimum absolute atomic E-state index is 0.194. The highest BCUT2D eigenvalue weighted by atomic mass is 16.5. The van der Waals surface area contributed by atoms with Crippen molar-refractivity contribution in [2.75, 3.05) is 11.9 Å². The van der Waals surface area contributed by atoms with Crippen LogP contribution in [0.25, 0.3) is 0 Å². The van der Waals surface area contributed by atoms with Gasteiger partial charge in [0.05, 0.1) is 31.1 Å². The standard InChI is InChI=1S/C18H21N3O3/c1-3-24-18(23)16(12(2)22)9-14-8-15-10-19-17-7-5-4-6-13(17)11-21(15)20-14/h4-8,16,19H,3,9-11H2,1-2H3. The van der Waals surface area contributed by atoms with E-state index >= 15 is 0 Å². The fraction of sp³-hybridized carbons (Fsp3) is 0.389. The molecular weight excluding hydrogens is 306 g/mol. The van der Waals surface area contributed by atoms with Gasteiger partial charge in [-0.05, 0) is 31.5 Å². The lowest BCUT2D eigenvalue weighted by Crippen LogP contribution is -2.26. The van der Waals surface area contributed by atoms with E-state index in [0.717, 1.165) is 17.1 Å². The summed E-state index contributed by atoms with van der Waals surface area (Å²) in [5, 5.41) is 7.99. The number of benzene rings is 1. The summed E-state index contributed by atoms with van der Waals surface area (Å²) in [6.45, 7) is 4.75. The number of Topliss-reactive ketones (excluding diaryl/α,β-unsaturated/α-hetero) is 1. The summed E-state index contributed by atoms with van der Waals surface area (Å²) >= 11 is 0. The van der Waals surface area contributed by atoms with E-state index in [-0.39, 0.29) is 18.8 Å². The minimum atomic E-state index is -0.788. The van der Waals surface area contributed by atoms with Gasteiger partial charge in [-0.2, -0.15) is 5.10 Å². The lowest BCUT2D eigenvalue weighted by molar-refractivity contribution is -0.151. The first-order valence-corrected chi connectivity index (χ1v) is 8.13. The monoisotopic (exact) mass is 327 g/mol. The molecule has 1 aliphatic rings. The van der Waals surface area contributed by atoms with Gasteiger partial charge in [-0.3, -0.25) is 14.3 Å². The average molecular weight is 327 g/mol. The third-order valence-corrected chi connectivity index (χ3v) is 4.19. The number of ether oxygens (including phenoxy) is 1. The molecule has 0 amide bonds. The molecule has 1 N–H and O–H groups in total. The van der Waals surface area contributed by atoms with Gasteiger partial charge in [0.2, 0.25) is 0 Å². The van der Waals surface area contributed by atoms with Gasteiger partial charge >= 0.3 is 5.97 Å². The smallest absolute Gasteiger partial charge is 0.316 e. The predicted octanol–water partition coefficient (Wildman–Crippen LogP) is 2.17. The largest absolute Gasteiger partial charge is 0.465 e. The van der Waals surface area contributed by atoms with Crippen molar-refractivity contribution in [3.8, 4) is 0 Å². The van der Waals surface area contributed by atoms with Crippen molar-refractivity contribution in [2.45, 2.75) is 33.4 Å². The van der Waals surface area contributed by atoms with E-state index in [1.807, 2.05) is 22.9 Å². The van der Waals surface area contributed by atoms with Gasteiger partial charge in [0, 0.05) is 12.1 Å². The molecule has 24 heavy (non-hydrogen) atoms. The van der Waals surface area contributed by atoms with Crippen LogP contribution in [0.4, 0.5) is 5.69 Å². The Morgan fingerprint density at radius 3 is 2.92 bits per heavy atom. The summed E-state index contributed by atoms with van der Waals surface area (Å²) in [6.07, 6.45) is 0.274. The van der Waals surface area contributed by atoms with Crippen LogP contribution in [0.15, 0.2) is 30.3 Å². The number of carbonyl (C=O) groups excluding carboxylic acids is 2. The molecule has 1 aliphatic heterocycles. The topological polar surface area (TPSA) is 73.2 Å². The van der Waals surface area contributed by atoms with E-state index in [9.17, 15) is 9.59 Å². The zero-order valence-electron chi connectivity index (χ0n) is 13.9. The molecule has 0 saturated heterocycles. The Bertz CT molecular complexity index is 767. The van der Waals surface area contributed by atoms with Gasteiger partial charge in [-0.25, -0.2) is 0 Å². The number of nitrogens with zero attached hydrogens (tertiary/aromatic N) is 2. The van der Waals surface area contributed by atoms with Crippen LogP contribution in [0, 0.1) is 5.92 Å². The molecule has 6 heteroatoms. The van der Waals surface area contributed by atoms with Crippen LogP contribution in [0.1, 0.15) is 30.8 Å². The van der Waals surface area contributed by atoms with Crippen molar-refractivity contribution in [1.82, 2.24) is 9.78 Å². The highest BCUT2D eigenvalue weighted by molar-refractivity contribution is 5.97. The normalized spacial score (nSPS) is 13.9. The van der Waals surface area contributed by atoms with Crippen LogP contribution in [0.5, 0.6) is 0 Å². The van der Waals surface area contributed by atoms with E-state index in [4.69, 9.17) is 4.74 Å². The number of aromatic nitrogens is 2. The lowest BCUT2D eigenvalue weighted by Gasteiger charge is -2.11. The van der Waals surface area contributed by atoms with Gasteiger partial charge in [-0.1, -0.05) is 18.2 Å². The minimum Gasteiger partial charge on any atom is -0.465 e. The van der Waals surface area contributed by atoms with Crippen molar-refractivity contribution < 1.29 is 14.3 Å². The van der Waals surface area contributed by atoms with Gasteiger partial charge in [0.15, 0.2) is 0 Å². The van der Waals surface area contributed by atoms with Gasteiger partial charge < -0.3 is 10.1 Å². The maximum Gasteiger partial charge on any atom is 0.316 e. The van der Waals surface area contributed by atoms with Crippen LogP contribution in [-0.2, 0) is 33.8 Å². The summed E-state index contributed by atoms with van der Waals surface area (Å²) in [4.78, 5) is 23.7. The lowest BCUT2D eigenvalue weighted by atomic mass is 9.99. The molecule has 0 radical (unpaired) electrons. The number of anilines is 1. The number of nitrogens with one attached hydrogen (secondary N) is 1. The fourth-order valence-corrected chi connectivity index (χ4v) is 2.92. The molecule has 0 bridgehead atoms. The summed E-state index contributed by atoms with van der Waals surface area (Å²) in [5.74, 6) is -1.46. The van der Waals surface area contributed by atoms with Crippen LogP contribution < -0.4 is 5.32 Å². The number of esters is 1. The Labute approximate surface area is 140 Å². The maximum absolute atomic E-state index is 12.0. The first-order chi connectivity index (χ1) is 11.6. The summed E-state index contributed by atoms with van der Waals surface area (Å²) < 4.78 is 6.93. The first kappa shape index (κ1) is 16.2. The Balaban J connectivity index is 1.81. The quantitative estimate of drug-likeness (QED) is 0.673. The molecular formula is C18H21N3O3. The fourth-order valence-electron chi connectivity index (χ4n) is 2.92. The van der Waals surface area contributed by atoms with E-state index < -0.39 is 11.9 Å². The van der Waals surface area contributed by atoms with Gasteiger partial charge in [0.1, 0.15) is 11.7 Å². The van der Waals surface area contributed by atoms with Crippen molar-refractivity contribution in [1.29, 1.82) is 0 Å². The molecule has 0 spiro atoms. The van der Waals surface area contributed by atoms with Crippen molar-refractivity contribution in [3.63, 3.8) is 0 Å². The number of para-hydroxylation sites is 1. The number of carbonyl (C=O) groups is 2. The number of ketones is 1. The highest BCUT2D eigenvalue weighted by Crippen LogP contribution is 2.23. The number of hydrogen-bond donors (Lipinski definition) is 1. The van der Waals surface area contributed by atoms with Crippen molar-refractivity contribution in [3.05, 3.63) is 47.3 Å². The van der Waals surface area contributed by atoms with E-state index in [1.54, 1.807) is 6.92 Å². The third-order valence-electron chi connectivity index (χ3n) is 4.19. The molecule has 3 rings (SSSR count). The van der Waals surface area contributed by atoms with E-state index in [1.165, 1.54) is 12.5 Å². The molecule has 6 nitrogen and oxygen atoms in total. The second-order valence-corrected chi connectivity index (χ2v) is 5.91. The van der Waals surface area contributed by atoms with Crippen molar-refractivity contribution in [2.24, 2.45) is 5.92 Å². The molecule has 2 heterocycles. The first-order valence-electron chi connectivity index (χ1n) is 8.13. The average Bonchev–Trinajstić information content (AvgIpc) is 2.85. The van der Waals surface area contributed by atoms with E-state index in [0.29, 0.717) is 13.1 Å². The van der Waals surface area contributed by atoms with Crippen LogP contribution in [-0.4, -0.2) is 28.1 Å². The Hall–Kier alpha value is -2.63. The molecule has 126 valence electrons. The molecule has 2 aromatic rings. The van der Waals surface area contributed by atoms with Gasteiger partial charge in [0.25, 0.3) is 0 Å². The molecule has 1 aromatic carbocycles. The van der Waals surface area contributed by atoms with Gasteiger partial charge in [-0.15, -0.1) is 0 Å². The number of fused-ring (bicyclic) bond motifs is 2. The Morgan fingerprint density at radius 1 is 1.38 bits per heavy atom. The Kier molecular flexibility index (Phi) is 4.64. The predicted molar refractivity (Wildman–Crippen MR) is 89.6 cm³/mol. The second kappa shape index (κ2) is 6.86. The molecule has 1 unspecified atom stereocenters. The zero-order valence-corrected chi connectivity index (χ0v) is 13.9. The summed E-state index contributed by atoms with van der Waals surface area (Å²) in [6, 6.07) is 10.1. The van der Waals surface area contributed by atoms with Crippen molar-refractivity contribution >= 4 is 17.4 Å². The molecule has 1 aromatic heterocycles. The molecule has 0 saturated carbocycles. The van der Waals surface area contributed by atoms with E-state index in [2.05, 4.69) is 22.5 Å². The maximum atomic E-state index is 12.0. The van der Waals surface area contributed by atoms with Crippen LogP contribution >= 0.6 is 0 Å². The molecule has 0 fully saturated rings. The highest BCUT2D eigenvalue weighted by Gasteiger charge is 2.27. The number of rotatable bonds is 5. The Morgan fingerprint density at radius 2 is 2.17 bits per heavy atom. The molecule has 1 atom stereocenters. The second-order valence-electron chi connectivity index (χ2n) is 5.91. The third kappa shape index (κ3) is 3.32. The molecule has 0 aliphatic carbocycles. The van der Waals surface area contributed by atoms with Crippen LogP contribution in [0.2, 0.25) is 0 Å². The SMILES string of the molecule is CCOC(=O)C(Cc1cc2n(n1)Cc1ccccc1NC2)C(C)=O. The summed E-state index contributed by atoms with van der Waals surface area (Å²) in [5.41, 5.74) is 4.05.